The fraction of sp³-hybridized carbons (Fsp3) is 0.222. The summed E-state index contributed by atoms with van der Waals surface area (Å²) in [6, 6.07) is 11.8. The van der Waals surface area contributed by atoms with Gasteiger partial charge in [-0.25, -0.2) is 4.39 Å². The van der Waals surface area contributed by atoms with Gasteiger partial charge in [-0.1, -0.05) is 6.92 Å². The molecule has 2 aromatic carbocycles. The van der Waals surface area contributed by atoms with Crippen molar-refractivity contribution in [2.24, 2.45) is 11.8 Å². The Kier molecular flexibility index (Phi) is 3.75. The fourth-order valence-corrected chi connectivity index (χ4v) is 2.28. The summed E-state index contributed by atoms with van der Waals surface area (Å²) in [7, 11) is 0. The monoisotopic (exact) mass is 298 g/mol. The van der Waals surface area contributed by atoms with Crippen LogP contribution in [0.25, 0.3) is 0 Å². The molecule has 0 aromatic heterocycles. The van der Waals surface area contributed by atoms with Crippen molar-refractivity contribution in [3.8, 4) is 5.75 Å². The maximum Gasteiger partial charge on any atom is 0.314 e. The third-order valence-corrected chi connectivity index (χ3v) is 3.85. The van der Waals surface area contributed by atoms with Gasteiger partial charge in [0, 0.05) is 11.1 Å². The van der Waals surface area contributed by atoms with Crippen LogP contribution in [0.4, 0.5) is 4.39 Å². The van der Waals surface area contributed by atoms with Crippen LogP contribution in [0.2, 0.25) is 0 Å². The highest BCUT2D eigenvalue weighted by atomic mass is 19.1. The molecule has 0 unspecified atom stereocenters. The van der Waals surface area contributed by atoms with Gasteiger partial charge >= 0.3 is 5.97 Å². The van der Waals surface area contributed by atoms with Crippen molar-refractivity contribution in [1.29, 1.82) is 0 Å². The zero-order valence-corrected chi connectivity index (χ0v) is 12.1. The van der Waals surface area contributed by atoms with Crippen LogP contribution in [-0.2, 0) is 4.79 Å². The van der Waals surface area contributed by atoms with E-state index in [1.165, 1.54) is 24.3 Å². The molecule has 3 nitrogen and oxygen atoms in total. The summed E-state index contributed by atoms with van der Waals surface area (Å²) in [4.78, 5) is 24.0. The molecule has 2 aromatic rings. The molecule has 1 aliphatic carbocycles. The van der Waals surface area contributed by atoms with Gasteiger partial charge in [0.2, 0.25) is 0 Å². The fourth-order valence-electron chi connectivity index (χ4n) is 2.28. The summed E-state index contributed by atoms with van der Waals surface area (Å²) in [6.45, 7) is 2.01. The van der Waals surface area contributed by atoms with Crippen molar-refractivity contribution in [2.45, 2.75) is 13.3 Å². The molecular weight excluding hydrogens is 283 g/mol. The standard InChI is InChI=1S/C18H15FO3/c1-11-10-16(11)18(21)22-15-8-4-13(5-9-15)17(20)12-2-6-14(19)7-3-12/h2-9,11,16H,10H2,1H3/t11-,16+/m0/s1. The van der Waals surface area contributed by atoms with E-state index in [1.54, 1.807) is 24.3 Å². The van der Waals surface area contributed by atoms with E-state index in [2.05, 4.69) is 0 Å². The number of benzene rings is 2. The Labute approximate surface area is 127 Å². The first-order valence-corrected chi connectivity index (χ1v) is 7.16. The Morgan fingerprint density at radius 1 is 1.00 bits per heavy atom. The Bertz CT molecular complexity index is 704. The van der Waals surface area contributed by atoms with Gasteiger partial charge in [-0.2, -0.15) is 0 Å². The quantitative estimate of drug-likeness (QED) is 0.492. The topological polar surface area (TPSA) is 43.4 Å². The Morgan fingerprint density at radius 2 is 1.50 bits per heavy atom. The highest BCUT2D eigenvalue weighted by Crippen LogP contribution is 2.38. The van der Waals surface area contributed by atoms with Crippen molar-refractivity contribution in [1.82, 2.24) is 0 Å². The number of rotatable bonds is 4. The number of carbonyl (C=O) groups excluding carboxylic acids is 2. The molecule has 0 bridgehead atoms. The third kappa shape index (κ3) is 3.06. The zero-order valence-electron chi connectivity index (χ0n) is 12.1. The smallest absolute Gasteiger partial charge is 0.314 e. The van der Waals surface area contributed by atoms with Gasteiger partial charge in [0.05, 0.1) is 5.92 Å². The summed E-state index contributed by atoms with van der Waals surface area (Å²) < 4.78 is 18.1. The van der Waals surface area contributed by atoms with E-state index in [-0.39, 0.29) is 23.5 Å². The van der Waals surface area contributed by atoms with Gasteiger partial charge < -0.3 is 4.74 Å². The molecule has 112 valence electrons. The minimum absolute atomic E-state index is 0.000485. The van der Waals surface area contributed by atoms with E-state index in [9.17, 15) is 14.0 Å². The first-order valence-electron chi connectivity index (χ1n) is 7.16. The van der Waals surface area contributed by atoms with Crippen LogP contribution < -0.4 is 4.74 Å². The van der Waals surface area contributed by atoms with E-state index in [1.807, 2.05) is 6.92 Å². The van der Waals surface area contributed by atoms with Crippen LogP contribution in [0.1, 0.15) is 29.3 Å². The number of ether oxygens (including phenoxy) is 1. The summed E-state index contributed by atoms with van der Waals surface area (Å²) in [5, 5.41) is 0. The largest absolute Gasteiger partial charge is 0.426 e. The molecule has 22 heavy (non-hydrogen) atoms. The molecule has 0 radical (unpaired) electrons. The second-order valence-electron chi connectivity index (χ2n) is 5.60. The van der Waals surface area contributed by atoms with Crippen molar-refractivity contribution >= 4 is 11.8 Å². The molecule has 1 fully saturated rings. The van der Waals surface area contributed by atoms with Gasteiger partial charge in [0.1, 0.15) is 11.6 Å². The summed E-state index contributed by atoms with van der Waals surface area (Å²) in [5.41, 5.74) is 0.879. The number of hydrogen-bond acceptors (Lipinski definition) is 3. The van der Waals surface area contributed by atoms with Gasteiger partial charge in [-0.15, -0.1) is 0 Å². The van der Waals surface area contributed by atoms with Crippen molar-refractivity contribution in [3.63, 3.8) is 0 Å². The van der Waals surface area contributed by atoms with E-state index in [0.717, 1.165) is 6.42 Å². The average Bonchev–Trinajstić information content (AvgIpc) is 3.25. The number of esters is 1. The van der Waals surface area contributed by atoms with Gasteiger partial charge in [0.25, 0.3) is 0 Å². The van der Waals surface area contributed by atoms with Crippen molar-refractivity contribution in [3.05, 3.63) is 65.5 Å². The van der Waals surface area contributed by atoms with Crippen molar-refractivity contribution in [2.75, 3.05) is 0 Å². The van der Waals surface area contributed by atoms with E-state index in [4.69, 9.17) is 4.74 Å². The van der Waals surface area contributed by atoms with Crippen LogP contribution in [-0.4, -0.2) is 11.8 Å². The molecule has 1 aliphatic rings. The lowest BCUT2D eigenvalue weighted by molar-refractivity contribution is -0.136. The lowest BCUT2D eigenvalue weighted by Crippen LogP contribution is -2.11. The molecule has 0 aliphatic heterocycles. The normalized spacial score (nSPS) is 19.5. The number of ketones is 1. The first kappa shape index (κ1) is 14.4. The first-order chi connectivity index (χ1) is 10.5. The molecule has 0 saturated heterocycles. The highest BCUT2D eigenvalue weighted by molar-refractivity contribution is 6.09. The van der Waals surface area contributed by atoms with Gasteiger partial charge in [0.15, 0.2) is 5.78 Å². The summed E-state index contributed by atoms with van der Waals surface area (Å²) in [5.74, 6) is 0.0269. The SMILES string of the molecule is C[C@H]1C[C@H]1C(=O)Oc1ccc(C(=O)c2ccc(F)cc2)cc1. The lowest BCUT2D eigenvalue weighted by Gasteiger charge is -2.05. The van der Waals surface area contributed by atoms with Gasteiger partial charge in [-0.3, -0.25) is 9.59 Å². The predicted octanol–water partition coefficient (Wildman–Crippen LogP) is 3.62. The molecule has 1 saturated carbocycles. The van der Waals surface area contributed by atoms with E-state index < -0.39 is 0 Å². The predicted molar refractivity (Wildman–Crippen MR) is 79.2 cm³/mol. The lowest BCUT2D eigenvalue weighted by atomic mass is 10.0. The number of hydrogen-bond donors (Lipinski definition) is 0. The molecule has 0 amide bonds. The average molecular weight is 298 g/mol. The second-order valence-corrected chi connectivity index (χ2v) is 5.60. The Morgan fingerprint density at radius 3 is 2.00 bits per heavy atom. The van der Waals surface area contributed by atoms with Crippen LogP contribution in [0.15, 0.2) is 48.5 Å². The van der Waals surface area contributed by atoms with Crippen LogP contribution in [0.5, 0.6) is 5.75 Å². The van der Waals surface area contributed by atoms with Gasteiger partial charge in [-0.05, 0) is 60.9 Å². The summed E-state index contributed by atoms with van der Waals surface area (Å²) in [6.07, 6.45) is 0.875. The molecule has 3 rings (SSSR count). The van der Waals surface area contributed by atoms with Crippen LogP contribution in [0, 0.1) is 17.7 Å². The second kappa shape index (κ2) is 5.72. The minimum atomic E-state index is -0.381. The molecule has 0 heterocycles. The molecule has 4 heteroatoms. The van der Waals surface area contributed by atoms with Crippen LogP contribution >= 0.6 is 0 Å². The maximum absolute atomic E-state index is 12.9. The Hall–Kier alpha value is -2.49. The molecule has 0 N–H and O–H groups in total. The molecule has 2 atom stereocenters. The minimum Gasteiger partial charge on any atom is -0.426 e. The number of halogens is 1. The highest BCUT2D eigenvalue weighted by Gasteiger charge is 2.40. The van der Waals surface area contributed by atoms with E-state index in [0.29, 0.717) is 22.8 Å². The third-order valence-electron chi connectivity index (χ3n) is 3.85. The molecular formula is C18H15FO3. The summed E-state index contributed by atoms with van der Waals surface area (Å²) >= 11 is 0. The zero-order chi connectivity index (χ0) is 15.7. The molecule has 0 spiro atoms. The number of carbonyl (C=O) groups is 2. The maximum atomic E-state index is 12.9. The van der Waals surface area contributed by atoms with E-state index >= 15 is 0 Å². The van der Waals surface area contributed by atoms with Crippen LogP contribution in [0.3, 0.4) is 0 Å². The van der Waals surface area contributed by atoms with Crippen molar-refractivity contribution < 1.29 is 18.7 Å². The Balaban J connectivity index is 1.69.